The summed E-state index contributed by atoms with van der Waals surface area (Å²) < 4.78 is 22.8. The Hall–Kier alpha value is -0.160. The topological polar surface area (TPSA) is 46.8 Å². The van der Waals surface area contributed by atoms with E-state index in [0.717, 1.165) is 6.61 Å². The van der Waals surface area contributed by atoms with Crippen LogP contribution in [-0.4, -0.2) is 43.4 Å². The maximum absolute atomic E-state index is 5.96. The molecule has 3 aliphatic heterocycles. The van der Waals surface area contributed by atoms with Crippen molar-refractivity contribution in [3.8, 4) is 0 Å². The van der Waals surface area contributed by atoms with Gasteiger partial charge in [0.25, 0.3) is 0 Å². The van der Waals surface area contributed by atoms with Gasteiger partial charge in [-0.15, -0.1) is 0 Å². The molecule has 0 aromatic heterocycles. The molecule has 5 fully saturated rings. The predicted molar refractivity (Wildman–Crippen MR) is 66.6 cm³/mol. The van der Waals surface area contributed by atoms with Gasteiger partial charge in [0.1, 0.15) is 6.10 Å². The maximum Gasteiger partial charge on any atom is 0.184 e. The van der Waals surface area contributed by atoms with E-state index >= 15 is 0 Å². The van der Waals surface area contributed by atoms with Crippen LogP contribution in [-0.2, 0) is 18.9 Å². The summed E-state index contributed by atoms with van der Waals surface area (Å²) in [5.41, 5.74) is 0. The second-order valence-corrected chi connectivity index (χ2v) is 6.98. The molecule has 0 spiro atoms. The van der Waals surface area contributed by atoms with E-state index in [4.69, 9.17) is 18.9 Å². The van der Waals surface area contributed by atoms with Gasteiger partial charge in [-0.1, -0.05) is 0 Å². The summed E-state index contributed by atoms with van der Waals surface area (Å²) >= 11 is 0. The molecule has 5 rings (SSSR count). The molecule has 4 nitrogen and oxygen atoms in total. The fourth-order valence-electron chi connectivity index (χ4n) is 4.18. The Morgan fingerprint density at radius 3 is 2.37 bits per heavy atom. The molecule has 3 saturated heterocycles. The van der Waals surface area contributed by atoms with Crippen molar-refractivity contribution >= 4 is 0 Å². The first-order valence-electron chi connectivity index (χ1n) is 7.95. The molecule has 8 atom stereocenters. The summed E-state index contributed by atoms with van der Waals surface area (Å²) in [6.45, 7) is 0.864. The van der Waals surface area contributed by atoms with E-state index in [9.17, 15) is 0 Å². The van der Waals surface area contributed by atoms with Crippen molar-refractivity contribution in [1.29, 1.82) is 0 Å². The molecule has 4 heteroatoms. The van der Waals surface area contributed by atoms with E-state index in [1.165, 1.54) is 38.5 Å². The third-order valence-electron chi connectivity index (χ3n) is 5.60. The van der Waals surface area contributed by atoms with E-state index in [2.05, 4.69) is 0 Å². The van der Waals surface area contributed by atoms with Crippen molar-refractivity contribution < 1.29 is 18.9 Å². The standard InChI is InChI=1S/C15H22O4/c1-3-10-12(17-10)5-8(1)7-16-15-14(19-15)9-2-4-11-13(6-9)18-11/h8-15H,1-7H2. The zero-order chi connectivity index (χ0) is 12.4. The molecule has 19 heavy (non-hydrogen) atoms. The fraction of sp³-hybridized carbons (Fsp3) is 1.00. The predicted octanol–water partition coefficient (Wildman–Crippen LogP) is 1.86. The molecule has 0 bridgehead atoms. The fourth-order valence-corrected chi connectivity index (χ4v) is 4.18. The molecular weight excluding hydrogens is 244 g/mol. The lowest BCUT2D eigenvalue weighted by Gasteiger charge is -2.19. The average molecular weight is 266 g/mol. The first-order chi connectivity index (χ1) is 9.37. The Labute approximate surface area is 113 Å². The van der Waals surface area contributed by atoms with E-state index in [1.54, 1.807) is 0 Å². The first kappa shape index (κ1) is 11.5. The number of rotatable bonds is 4. The summed E-state index contributed by atoms with van der Waals surface area (Å²) in [7, 11) is 0. The third-order valence-corrected chi connectivity index (χ3v) is 5.60. The molecule has 0 amide bonds. The van der Waals surface area contributed by atoms with Gasteiger partial charge >= 0.3 is 0 Å². The van der Waals surface area contributed by atoms with Crippen molar-refractivity contribution in [1.82, 2.24) is 0 Å². The van der Waals surface area contributed by atoms with Crippen LogP contribution >= 0.6 is 0 Å². The lowest BCUT2D eigenvalue weighted by Crippen LogP contribution is -2.22. The van der Waals surface area contributed by atoms with Gasteiger partial charge in [0.2, 0.25) is 0 Å². The van der Waals surface area contributed by atoms with Crippen LogP contribution in [0.5, 0.6) is 0 Å². The Morgan fingerprint density at radius 1 is 0.789 bits per heavy atom. The molecule has 106 valence electrons. The SMILES string of the molecule is C1CC2OC2CC1COC1OC1C1CCC2OC2C1. The van der Waals surface area contributed by atoms with Crippen molar-refractivity contribution in [3.05, 3.63) is 0 Å². The van der Waals surface area contributed by atoms with Gasteiger partial charge in [0.05, 0.1) is 31.0 Å². The van der Waals surface area contributed by atoms with E-state index < -0.39 is 0 Å². The highest BCUT2D eigenvalue weighted by molar-refractivity contribution is 4.98. The van der Waals surface area contributed by atoms with Crippen molar-refractivity contribution in [2.45, 2.75) is 75.3 Å². The summed E-state index contributed by atoms with van der Waals surface area (Å²) in [4.78, 5) is 0. The molecule has 8 unspecified atom stereocenters. The minimum Gasteiger partial charge on any atom is -0.370 e. The molecule has 0 aromatic carbocycles. The number of ether oxygens (including phenoxy) is 4. The van der Waals surface area contributed by atoms with Crippen LogP contribution < -0.4 is 0 Å². The molecule has 5 aliphatic rings. The van der Waals surface area contributed by atoms with Crippen molar-refractivity contribution in [2.75, 3.05) is 6.61 Å². The number of fused-ring (bicyclic) bond motifs is 2. The molecule has 0 N–H and O–H groups in total. The van der Waals surface area contributed by atoms with Gasteiger partial charge < -0.3 is 18.9 Å². The number of hydrogen-bond donors (Lipinski definition) is 0. The highest BCUT2D eigenvalue weighted by Crippen LogP contribution is 2.46. The van der Waals surface area contributed by atoms with Crippen LogP contribution in [0.2, 0.25) is 0 Å². The Bertz CT molecular complexity index is 373. The highest BCUT2D eigenvalue weighted by Gasteiger charge is 2.53. The van der Waals surface area contributed by atoms with Crippen LogP contribution in [0.25, 0.3) is 0 Å². The summed E-state index contributed by atoms with van der Waals surface area (Å²) in [5, 5.41) is 0. The molecular formula is C15H22O4. The van der Waals surface area contributed by atoms with E-state index in [0.29, 0.717) is 42.4 Å². The minimum absolute atomic E-state index is 0.0816. The minimum atomic E-state index is 0.0816. The highest BCUT2D eigenvalue weighted by atomic mass is 16.8. The Kier molecular flexibility index (Phi) is 2.52. The Balaban J connectivity index is 1.07. The van der Waals surface area contributed by atoms with Gasteiger partial charge in [0.15, 0.2) is 6.29 Å². The summed E-state index contributed by atoms with van der Waals surface area (Å²) in [6, 6.07) is 0. The molecule has 3 heterocycles. The van der Waals surface area contributed by atoms with Crippen LogP contribution in [0.1, 0.15) is 38.5 Å². The summed E-state index contributed by atoms with van der Waals surface area (Å²) in [5.74, 6) is 1.37. The van der Waals surface area contributed by atoms with Gasteiger partial charge in [-0.05, 0) is 50.4 Å². The zero-order valence-electron chi connectivity index (χ0n) is 11.2. The molecule has 0 radical (unpaired) electrons. The average Bonchev–Trinajstić information content (AvgIpc) is 3.33. The van der Waals surface area contributed by atoms with Gasteiger partial charge in [0, 0.05) is 0 Å². The van der Waals surface area contributed by atoms with Gasteiger partial charge in [-0.2, -0.15) is 0 Å². The maximum atomic E-state index is 5.96. The lowest BCUT2D eigenvalue weighted by molar-refractivity contribution is 0.0214. The third kappa shape index (κ3) is 2.23. The molecule has 2 saturated carbocycles. The number of epoxide rings is 3. The lowest BCUT2D eigenvalue weighted by atomic mass is 9.87. The van der Waals surface area contributed by atoms with Crippen LogP contribution in [0, 0.1) is 11.8 Å². The second-order valence-electron chi connectivity index (χ2n) is 6.98. The van der Waals surface area contributed by atoms with Crippen LogP contribution in [0.3, 0.4) is 0 Å². The largest absolute Gasteiger partial charge is 0.370 e. The van der Waals surface area contributed by atoms with E-state index in [-0.39, 0.29) is 6.29 Å². The monoisotopic (exact) mass is 266 g/mol. The smallest absolute Gasteiger partial charge is 0.184 e. The van der Waals surface area contributed by atoms with Crippen molar-refractivity contribution in [3.63, 3.8) is 0 Å². The quantitative estimate of drug-likeness (QED) is 0.729. The van der Waals surface area contributed by atoms with Crippen molar-refractivity contribution in [2.24, 2.45) is 11.8 Å². The van der Waals surface area contributed by atoms with Gasteiger partial charge in [-0.3, -0.25) is 0 Å². The van der Waals surface area contributed by atoms with E-state index in [1.807, 2.05) is 0 Å². The zero-order valence-corrected chi connectivity index (χ0v) is 11.2. The normalized spacial score (nSPS) is 58.1. The first-order valence-corrected chi connectivity index (χ1v) is 7.95. The second kappa shape index (κ2) is 4.17. The van der Waals surface area contributed by atoms with Crippen LogP contribution in [0.15, 0.2) is 0 Å². The Morgan fingerprint density at radius 2 is 1.58 bits per heavy atom. The molecule has 0 aromatic rings. The van der Waals surface area contributed by atoms with Gasteiger partial charge in [-0.25, -0.2) is 0 Å². The summed E-state index contributed by atoms with van der Waals surface area (Å²) in [6.07, 6.45) is 10.1. The van der Waals surface area contributed by atoms with Crippen LogP contribution in [0.4, 0.5) is 0 Å². The number of hydrogen-bond acceptors (Lipinski definition) is 4. The molecule has 2 aliphatic carbocycles.